The van der Waals surface area contributed by atoms with Crippen molar-refractivity contribution >= 4 is 28.9 Å². The predicted molar refractivity (Wildman–Crippen MR) is 123 cm³/mol. The monoisotopic (exact) mass is 420 g/mol. The first kappa shape index (κ1) is 20.3. The quantitative estimate of drug-likeness (QED) is 0.497. The minimum Gasteiger partial charge on any atom is -0.495 e. The van der Waals surface area contributed by atoms with Crippen LogP contribution in [0, 0.1) is 0 Å². The number of carbonyl (C=O) groups is 1. The van der Waals surface area contributed by atoms with Gasteiger partial charge in [0.25, 0.3) is 5.91 Å². The van der Waals surface area contributed by atoms with E-state index in [9.17, 15) is 4.79 Å². The Labute approximate surface area is 182 Å². The third-order valence-corrected chi connectivity index (χ3v) is 5.75. The Morgan fingerprint density at radius 1 is 1.03 bits per heavy atom. The highest BCUT2D eigenvalue weighted by atomic mass is 35.5. The van der Waals surface area contributed by atoms with Crippen molar-refractivity contribution in [1.82, 2.24) is 0 Å². The molecule has 0 saturated carbocycles. The summed E-state index contributed by atoms with van der Waals surface area (Å²) in [5.74, 6) is 0.506. The van der Waals surface area contributed by atoms with Gasteiger partial charge in [0.2, 0.25) is 0 Å². The van der Waals surface area contributed by atoms with Crippen LogP contribution in [0.1, 0.15) is 47.4 Å². The molecule has 3 aromatic carbocycles. The van der Waals surface area contributed by atoms with E-state index in [2.05, 4.69) is 24.4 Å². The van der Waals surface area contributed by atoms with Gasteiger partial charge in [0.15, 0.2) is 0 Å². The summed E-state index contributed by atoms with van der Waals surface area (Å²) in [4.78, 5) is 15.3. The lowest BCUT2D eigenvalue weighted by Crippen LogP contribution is -2.43. The summed E-state index contributed by atoms with van der Waals surface area (Å²) in [6.45, 7) is 2.19. The number of hydrogen-bond acceptors (Lipinski definition) is 3. The second kappa shape index (κ2) is 8.80. The molecule has 0 radical (unpaired) electrons. The standard InChI is InChI=1S/C25H25ClN2O2/c1-3-4-8-17-13-15-18(16-14-17)28-24(20-10-7-11-21(26)23(20)30-2)27-22-12-6-5-9-19(22)25(28)29/h5-7,9-16,24,27H,3-4,8H2,1-2H3. The van der Waals surface area contributed by atoms with Crippen molar-refractivity contribution < 1.29 is 9.53 Å². The number of aryl methyl sites for hydroxylation is 1. The number of halogens is 1. The maximum absolute atomic E-state index is 13.6. The minimum atomic E-state index is -0.442. The highest BCUT2D eigenvalue weighted by Gasteiger charge is 2.35. The molecule has 0 fully saturated rings. The van der Waals surface area contributed by atoms with Crippen LogP contribution in [0.5, 0.6) is 5.75 Å². The summed E-state index contributed by atoms with van der Waals surface area (Å²) in [6.07, 6.45) is 2.91. The summed E-state index contributed by atoms with van der Waals surface area (Å²) in [6, 6.07) is 21.4. The van der Waals surface area contributed by atoms with Crippen LogP contribution in [0.4, 0.5) is 11.4 Å². The molecular weight excluding hydrogens is 396 g/mol. The fourth-order valence-electron chi connectivity index (χ4n) is 3.90. The molecule has 30 heavy (non-hydrogen) atoms. The van der Waals surface area contributed by atoms with Crippen LogP contribution in [-0.2, 0) is 6.42 Å². The van der Waals surface area contributed by atoms with Gasteiger partial charge in [0, 0.05) is 16.9 Å². The number of anilines is 2. The van der Waals surface area contributed by atoms with E-state index < -0.39 is 6.17 Å². The highest BCUT2D eigenvalue weighted by molar-refractivity contribution is 6.32. The van der Waals surface area contributed by atoms with Crippen molar-refractivity contribution in [2.75, 3.05) is 17.3 Å². The fourth-order valence-corrected chi connectivity index (χ4v) is 4.16. The number of unbranched alkanes of at least 4 members (excludes halogenated alkanes) is 1. The van der Waals surface area contributed by atoms with Gasteiger partial charge in [-0.15, -0.1) is 0 Å². The zero-order valence-electron chi connectivity index (χ0n) is 17.2. The molecule has 1 N–H and O–H groups in total. The number of fused-ring (bicyclic) bond motifs is 1. The van der Waals surface area contributed by atoms with Gasteiger partial charge >= 0.3 is 0 Å². The molecule has 5 heteroatoms. The van der Waals surface area contributed by atoms with Crippen LogP contribution in [0.25, 0.3) is 0 Å². The van der Waals surface area contributed by atoms with Crippen molar-refractivity contribution in [1.29, 1.82) is 0 Å². The molecule has 0 aromatic heterocycles. The summed E-state index contributed by atoms with van der Waals surface area (Å²) in [7, 11) is 1.59. The van der Waals surface area contributed by atoms with Gasteiger partial charge < -0.3 is 10.1 Å². The average Bonchev–Trinajstić information content (AvgIpc) is 2.78. The SMILES string of the molecule is CCCCc1ccc(N2C(=O)c3ccccc3NC2c2cccc(Cl)c2OC)cc1. The topological polar surface area (TPSA) is 41.6 Å². The zero-order valence-corrected chi connectivity index (χ0v) is 17.9. The highest BCUT2D eigenvalue weighted by Crippen LogP contribution is 2.41. The van der Waals surface area contributed by atoms with Crippen molar-refractivity contribution in [2.45, 2.75) is 32.4 Å². The molecule has 1 atom stereocenters. The molecule has 1 unspecified atom stereocenters. The lowest BCUT2D eigenvalue weighted by Gasteiger charge is -2.38. The molecule has 0 aliphatic carbocycles. The Hall–Kier alpha value is -2.98. The van der Waals surface area contributed by atoms with Crippen LogP contribution in [-0.4, -0.2) is 13.0 Å². The number of nitrogens with zero attached hydrogens (tertiary/aromatic N) is 1. The Morgan fingerprint density at radius 2 is 1.80 bits per heavy atom. The molecule has 0 spiro atoms. The fraction of sp³-hybridized carbons (Fsp3) is 0.240. The van der Waals surface area contributed by atoms with Gasteiger partial charge in [-0.1, -0.05) is 61.3 Å². The molecule has 1 aliphatic heterocycles. The smallest absolute Gasteiger partial charge is 0.262 e. The Morgan fingerprint density at radius 3 is 2.53 bits per heavy atom. The van der Waals surface area contributed by atoms with Crippen LogP contribution in [0.2, 0.25) is 5.02 Å². The number of methoxy groups -OCH3 is 1. The van der Waals surface area contributed by atoms with Crippen molar-refractivity contribution in [3.63, 3.8) is 0 Å². The number of amides is 1. The predicted octanol–water partition coefficient (Wildman–Crippen LogP) is 6.46. The van der Waals surface area contributed by atoms with E-state index in [0.29, 0.717) is 16.3 Å². The number of benzene rings is 3. The van der Waals surface area contributed by atoms with Gasteiger partial charge in [0.05, 0.1) is 17.7 Å². The Kier molecular flexibility index (Phi) is 5.96. The number of para-hydroxylation sites is 2. The summed E-state index contributed by atoms with van der Waals surface area (Å²) in [5.41, 5.74) is 4.35. The van der Waals surface area contributed by atoms with E-state index in [0.717, 1.165) is 36.2 Å². The number of ether oxygens (including phenoxy) is 1. The Balaban J connectivity index is 1.81. The molecule has 4 nitrogen and oxygen atoms in total. The van der Waals surface area contributed by atoms with E-state index in [1.807, 2.05) is 48.5 Å². The zero-order chi connectivity index (χ0) is 21.1. The van der Waals surface area contributed by atoms with Gasteiger partial charge in [-0.25, -0.2) is 0 Å². The average molecular weight is 421 g/mol. The molecular formula is C25H25ClN2O2. The first-order chi connectivity index (χ1) is 14.6. The van der Waals surface area contributed by atoms with E-state index >= 15 is 0 Å². The van der Waals surface area contributed by atoms with Crippen LogP contribution < -0.4 is 15.0 Å². The summed E-state index contributed by atoms with van der Waals surface area (Å²) < 4.78 is 5.59. The van der Waals surface area contributed by atoms with Gasteiger partial charge in [-0.3, -0.25) is 9.69 Å². The van der Waals surface area contributed by atoms with E-state index in [4.69, 9.17) is 16.3 Å². The molecule has 154 valence electrons. The number of rotatable bonds is 6. The second-order valence-electron chi connectivity index (χ2n) is 7.40. The molecule has 4 rings (SSSR count). The molecule has 1 heterocycles. The normalized spacial score (nSPS) is 15.5. The van der Waals surface area contributed by atoms with Gasteiger partial charge in [-0.2, -0.15) is 0 Å². The van der Waals surface area contributed by atoms with Crippen molar-refractivity contribution in [2.24, 2.45) is 0 Å². The second-order valence-corrected chi connectivity index (χ2v) is 7.81. The lowest BCUT2D eigenvalue weighted by molar-refractivity contribution is 0.0974. The maximum atomic E-state index is 13.6. The molecule has 1 amide bonds. The summed E-state index contributed by atoms with van der Waals surface area (Å²) >= 11 is 6.39. The Bertz CT molecular complexity index is 1050. The van der Waals surface area contributed by atoms with E-state index in [1.165, 1.54) is 5.56 Å². The number of carbonyl (C=O) groups excluding carboxylic acids is 1. The largest absolute Gasteiger partial charge is 0.495 e. The van der Waals surface area contributed by atoms with E-state index in [-0.39, 0.29) is 5.91 Å². The minimum absolute atomic E-state index is 0.0577. The lowest BCUT2D eigenvalue weighted by atomic mass is 10.0. The third-order valence-electron chi connectivity index (χ3n) is 5.46. The molecule has 0 saturated heterocycles. The van der Waals surface area contributed by atoms with Crippen molar-refractivity contribution in [3.8, 4) is 5.75 Å². The first-order valence-electron chi connectivity index (χ1n) is 10.2. The summed E-state index contributed by atoms with van der Waals surface area (Å²) in [5, 5.41) is 4.02. The molecule has 3 aromatic rings. The first-order valence-corrected chi connectivity index (χ1v) is 10.6. The van der Waals surface area contributed by atoms with E-state index in [1.54, 1.807) is 18.1 Å². The maximum Gasteiger partial charge on any atom is 0.262 e. The number of hydrogen-bond donors (Lipinski definition) is 1. The van der Waals surface area contributed by atoms with Crippen LogP contribution in [0.15, 0.2) is 66.7 Å². The molecule has 1 aliphatic rings. The van der Waals surface area contributed by atoms with Crippen LogP contribution >= 0.6 is 11.6 Å². The van der Waals surface area contributed by atoms with Gasteiger partial charge in [0.1, 0.15) is 11.9 Å². The van der Waals surface area contributed by atoms with Crippen molar-refractivity contribution in [3.05, 3.63) is 88.4 Å². The molecule has 0 bridgehead atoms. The number of nitrogens with one attached hydrogen (secondary N) is 1. The van der Waals surface area contributed by atoms with Crippen LogP contribution in [0.3, 0.4) is 0 Å². The third kappa shape index (κ3) is 3.75. The van der Waals surface area contributed by atoms with Gasteiger partial charge in [-0.05, 0) is 48.7 Å².